The molecule has 0 aliphatic heterocycles. The molecule has 5 nitrogen and oxygen atoms in total. The van der Waals surface area contributed by atoms with Gasteiger partial charge in [0.2, 0.25) is 0 Å². The SMILES string of the molecule is CCCn1c(CC(N)c2ncccn2)nc2ccccc21. The number of rotatable bonds is 5. The van der Waals surface area contributed by atoms with Gasteiger partial charge in [-0.05, 0) is 24.6 Å². The number of nitrogens with zero attached hydrogens (tertiary/aromatic N) is 4. The minimum atomic E-state index is -0.237. The van der Waals surface area contributed by atoms with Crippen molar-refractivity contribution < 1.29 is 0 Å². The number of benzene rings is 1. The smallest absolute Gasteiger partial charge is 0.145 e. The maximum atomic E-state index is 6.24. The van der Waals surface area contributed by atoms with Gasteiger partial charge in [-0.1, -0.05) is 19.1 Å². The molecule has 0 saturated carbocycles. The monoisotopic (exact) mass is 281 g/mol. The Hall–Kier alpha value is -2.27. The van der Waals surface area contributed by atoms with E-state index in [2.05, 4.69) is 27.5 Å². The lowest BCUT2D eigenvalue weighted by atomic mass is 10.2. The molecule has 5 heteroatoms. The molecular weight excluding hydrogens is 262 g/mol. The molecule has 0 aliphatic carbocycles. The zero-order chi connectivity index (χ0) is 14.7. The van der Waals surface area contributed by atoms with Crippen LogP contribution in [-0.4, -0.2) is 19.5 Å². The molecule has 2 N–H and O–H groups in total. The van der Waals surface area contributed by atoms with E-state index in [1.54, 1.807) is 18.5 Å². The first-order valence-electron chi connectivity index (χ1n) is 7.26. The van der Waals surface area contributed by atoms with E-state index in [0.717, 1.165) is 29.8 Å². The number of aryl methyl sites for hydroxylation is 1. The predicted molar refractivity (Wildman–Crippen MR) is 82.7 cm³/mol. The third-order valence-corrected chi connectivity index (χ3v) is 3.50. The highest BCUT2D eigenvalue weighted by atomic mass is 15.1. The summed E-state index contributed by atoms with van der Waals surface area (Å²) in [5.41, 5.74) is 8.41. The molecule has 0 spiro atoms. The van der Waals surface area contributed by atoms with Gasteiger partial charge in [0, 0.05) is 25.4 Å². The molecule has 2 heterocycles. The largest absolute Gasteiger partial charge is 0.328 e. The molecule has 0 bridgehead atoms. The van der Waals surface area contributed by atoms with Crippen molar-refractivity contribution in [3.05, 3.63) is 54.4 Å². The summed E-state index contributed by atoms with van der Waals surface area (Å²) < 4.78 is 2.25. The summed E-state index contributed by atoms with van der Waals surface area (Å²) in [6.45, 7) is 3.11. The van der Waals surface area contributed by atoms with Crippen molar-refractivity contribution in [3.63, 3.8) is 0 Å². The Labute approximate surface area is 123 Å². The number of hydrogen-bond donors (Lipinski definition) is 1. The normalized spacial score (nSPS) is 12.7. The van der Waals surface area contributed by atoms with Crippen molar-refractivity contribution >= 4 is 11.0 Å². The Morgan fingerprint density at radius 2 is 1.90 bits per heavy atom. The van der Waals surface area contributed by atoms with Crippen LogP contribution >= 0.6 is 0 Å². The molecule has 0 fully saturated rings. The van der Waals surface area contributed by atoms with Crippen LogP contribution in [0.3, 0.4) is 0 Å². The van der Waals surface area contributed by atoms with Crippen molar-refractivity contribution in [1.82, 2.24) is 19.5 Å². The van der Waals surface area contributed by atoms with Crippen LogP contribution in [0.1, 0.15) is 31.0 Å². The Morgan fingerprint density at radius 3 is 2.67 bits per heavy atom. The molecule has 108 valence electrons. The van der Waals surface area contributed by atoms with Crippen LogP contribution in [0.25, 0.3) is 11.0 Å². The van der Waals surface area contributed by atoms with Crippen molar-refractivity contribution in [2.45, 2.75) is 32.4 Å². The molecular formula is C16H19N5. The highest BCUT2D eigenvalue weighted by Crippen LogP contribution is 2.20. The van der Waals surface area contributed by atoms with Crippen LogP contribution in [-0.2, 0) is 13.0 Å². The first-order valence-corrected chi connectivity index (χ1v) is 7.26. The van der Waals surface area contributed by atoms with Gasteiger partial charge in [0.15, 0.2) is 0 Å². The molecule has 1 atom stereocenters. The lowest BCUT2D eigenvalue weighted by molar-refractivity contribution is 0.591. The molecule has 1 aromatic carbocycles. The second kappa shape index (κ2) is 6.01. The second-order valence-electron chi connectivity index (χ2n) is 5.09. The molecule has 0 amide bonds. The number of hydrogen-bond acceptors (Lipinski definition) is 4. The number of para-hydroxylation sites is 2. The fourth-order valence-corrected chi connectivity index (χ4v) is 2.54. The first-order chi connectivity index (χ1) is 10.3. The number of aromatic nitrogens is 4. The van der Waals surface area contributed by atoms with Crippen molar-refractivity contribution in [3.8, 4) is 0 Å². The number of imidazole rings is 1. The van der Waals surface area contributed by atoms with Crippen LogP contribution in [0.15, 0.2) is 42.7 Å². The van der Waals surface area contributed by atoms with Crippen LogP contribution in [0, 0.1) is 0 Å². The Kier molecular flexibility index (Phi) is 3.92. The van der Waals surface area contributed by atoms with Crippen LogP contribution in [0.5, 0.6) is 0 Å². The van der Waals surface area contributed by atoms with E-state index in [1.807, 2.05) is 18.2 Å². The molecule has 2 aromatic heterocycles. The summed E-state index contributed by atoms with van der Waals surface area (Å²) in [5.74, 6) is 1.66. The van der Waals surface area contributed by atoms with Crippen molar-refractivity contribution in [2.24, 2.45) is 5.73 Å². The minimum absolute atomic E-state index is 0.237. The van der Waals surface area contributed by atoms with Crippen LogP contribution in [0.2, 0.25) is 0 Å². The summed E-state index contributed by atoms with van der Waals surface area (Å²) in [6.07, 6.45) is 5.14. The zero-order valence-electron chi connectivity index (χ0n) is 12.1. The summed E-state index contributed by atoms with van der Waals surface area (Å²) in [4.78, 5) is 13.2. The minimum Gasteiger partial charge on any atom is -0.328 e. The van der Waals surface area contributed by atoms with Crippen LogP contribution in [0.4, 0.5) is 0 Å². The van der Waals surface area contributed by atoms with E-state index >= 15 is 0 Å². The van der Waals surface area contributed by atoms with Gasteiger partial charge in [-0.3, -0.25) is 0 Å². The zero-order valence-corrected chi connectivity index (χ0v) is 12.1. The van der Waals surface area contributed by atoms with Gasteiger partial charge in [0.25, 0.3) is 0 Å². The molecule has 3 rings (SSSR count). The second-order valence-corrected chi connectivity index (χ2v) is 5.09. The van der Waals surface area contributed by atoms with E-state index in [0.29, 0.717) is 12.2 Å². The van der Waals surface area contributed by atoms with E-state index in [-0.39, 0.29) is 6.04 Å². The van der Waals surface area contributed by atoms with Gasteiger partial charge >= 0.3 is 0 Å². The van der Waals surface area contributed by atoms with Gasteiger partial charge < -0.3 is 10.3 Å². The topological polar surface area (TPSA) is 69.6 Å². The molecule has 0 radical (unpaired) electrons. The third-order valence-electron chi connectivity index (χ3n) is 3.50. The van der Waals surface area contributed by atoms with Crippen molar-refractivity contribution in [2.75, 3.05) is 0 Å². The Morgan fingerprint density at radius 1 is 1.14 bits per heavy atom. The van der Waals surface area contributed by atoms with E-state index in [1.165, 1.54) is 0 Å². The molecule has 21 heavy (non-hydrogen) atoms. The fourth-order valence-electron chi connectivity index (χ4n) is 2.54. The van der Waals surface area contributed by atoms with Gasteiger partial charge in [-0.15, -0.1) is 0 Å². The van der Waals surface area contributed by atoms with E-state index in [4.69, 9.17) is 10.7 Å². The first kappa shape index (κ1) is 13.7. The lowest BCUT2D eigenvalue weighted by Gasteiger charge is -2.12. The highest BCUT2D eigenvalue weighted by molar-refractivity contribution is 5.75. The quantitative estimate of drug-likeness (QED) is 0.780. The number of fused-ring (bicyclic) bond motifs is 1. The Bertz CT molecular complexity index is 720. The standard InChI is InChI=1S/C16H19N5/c1-2-10-21-14-7-4-3-6-13(14)20-15(21)11-12(17)16-18-8-5-9-19-16/h3-9,12H,2,10-11,17H2,1H3. The summed E-state index contributed by atoms with van der Waals surface area (Å²) in [7, 11) is 0. The van der Waals surface area contributed by atoms with Gasteiger partial charge in [0.05, 0.1) is 17.1 Å². The average Bonchev–Trinajstić information content (AvgIpc) is 2.86. The third kappa shape index (κ3) is 2.78. The van der Waals surface area contributed by atoms with E-state index < -0.39 is 0 Å². The van der Waals surface area contributed by atoms with Crippen molar-refractivity contribution in [1.29, 1.82) is 0 Å². The van der Waals surface area contributed by atoms with Crippen LogP contribution < -0.4 is 5.73 Å². The molecule has 3 aromatic rings. The summed E-state index contributed by atoms with van der Waals surface area (Å²) in [5, 5.41) is 0. The number of nitrogens with two attached hydrogens (primary N) is 1. The summed E-state index contributed by atoms with van der Waals surface area (Å²) >= 11 is 0. The predicted octanol–water partition coefficient (Wildman–Crippen LogP) is 2.48. The maximum absolute atomic E-state index is 6.24. The van der Waals surface area contributed by atoms with Gasteiger partial charge in [0.1, 0.15) is 11.6 Å². The molecule has 1 unspecified atom stereocenters. The lowest BCUT2D eigenvalue weighted by Crippen LogP contribution is -2.19. The summed E-state index contributed by atoms with van der Waals surface area (Å²) in [6, 6.07) is 9.75. The molecule has 0 saturated heterocycles. The Balaban J connectivity index is 1.94. The van der Waals surface area contributed by atoms with Gasteiger partial charge in [-0.2, -0.15) is 0 Å². The fraction of sp³-hybridized carbons (Fsp3) is 0.312. The van der Waals surface area contributed by atoms with Gasteiger partial charge in [-0.25, -0.2) is 15.0 Å². The highest BCUT2D eigenvalue weighted by Gasteiger charge is 2.16. The molecule has 0 aliphatic rings. The average molecular weight is 281 g/mol. The maximum Gasteiger partial charge on any atom is 0.145 e. The van der Waals surface area contributed by atoms with E-state index in [9.17, 15) is 0 Å².